The molecule has 114 valence electrons. The summed E-state index contributed by atoms with van der Waals surface area (Å²) >= 11 is 0. The quantitative estimate of drug-likeness (QED) is 0.644. The van der Waals surface area contributed by atoms with Gasteiger partial charge in [0.1, 0.15) is 17.4 Å². The summed E-state index contributed by atoms with van der Waals surface area (Å²) in [5.74, 6) is -0.570. The average Bonchev–Trinajstić information content (AvgIpc) is 2.70. The monoisotopic (exact) mass is 293 g/mol. The lowest BCUT2D eigenvalue weighted by Gasteiger charge is -2.19. The molecule has 6 heteroatoms. The minimum absolute atomic E-state index is 0.332. The fourth-order valence-electron chi connectivity index (χ4n) is 2.20. The zero-order chi connectivity index (χ0) is 15.8. The number of carboxylic acid groups (broad SMARTS) is 1. The number of rotatable bonds is 2. The number of aliphatic carboxylic acids is 1. The minimum Gasteiger partial charge on any atom is -0.480 e. The van der Waals surface area contributed by atoms with E-state index in [9.17, 15) is 9.59 Å². The van der Waals surface area contributed by atoms with E-state index in [1.165, 1.54) is 0 Å². The molecule has 0 saturated carbocycles. The van der Waals surface area contributed by atoms with Gasteiger partial charge >= 0.3 is 12.1 Å². The molecule has 1 unspecified atom stereocenters. The van der Waals surface area contributed by atoms with Gasteiger partial charge in [-0.05, 0) is 44.9 Å². The van der Waals surface area contributed by atoms with Gasteiger partial charge in [0.15, 0.2) is 0 Å². The van der Waals surface area contributed by atoms with Gasteiger partial charge in [0.25, 0.3) is 0 Å². The number of benzene rings is 1. The van der Waals surface area contributed by atoms with Gasteiger partial charge in [0.05, 0.1) is 0 Å². The zero-order valence-electron chi connectivity index (χ0n) is 12.5. The molecule has 2 N–H and O–H groups in total. The molecule has 0 saturated heterocycles. The first-order valence-corrected chi connectivity index (χ1v) is 6.69. The van der Waals surface area contributed by atoms with Gasteiger partial charge in [-0.25, -0.2) is 9.59 Å². The van der Waals surface area contributed by atoms with E-state index in [1.54, 1.807) is 32.9 Å². The van der Waals surface area contributed by atoms with Crippen LogP contribution >= 0.6 is 0 Å². The third-order valence-electron chi connectivity index (χ3n) is 3.07. The lowest BCUT2D eigenvalue weighted by Crippen LogP contribution is -2.26. The van der Waals surface area contributed by atoms with Crippen molar-refractivity contribution < 1.29 is 24.2 Å². The van der Waals surface area contributed by atoms with E-state index in [0.29, 0.717) is 17.9 Å². The molecule has 1 heterocycles. The van der Waals surface area contributed by atoms with Crippen LogP contribution in [0.5, 0.6) is 5.75 Å². The number of anilines is 1. The lowest BCUT2D eigenvalue weighted by atomic mass is 10.0. The number of hydrogen-bond acceptors (Lipinski definition) is 5. The molecule has 1 aliphatic rings. The van der Waals surface area contributed by atoms with Gasteiger partial charge in [-0.2, -0.15) is 0 Å². The highest BCUT2D eigenvalue weighted by Gasteiger charge is 2.28. The Balaban J connectivity index is 2.15. The van der Waals surface area contributed by atoms with Crippen LogP contribution in [0.4, 0.5) is 10.5 Å². The molecule has 0 aromatic heterocycles. The molecule has 1 aliphatic heterocycles. The number of aryl methyl sites for hydroxylation is 1. The van der Waals surface area contributed by atoms with Crippen molar-refractivity contribution in [3.8, 4) is 5.75 Å². The first kappa shape index (κ1) is 15.2. The van der Waals surface area contributed by atoms with E-state index in [1.807, 2.05) is 6.92 Å². The third-order valence-corrected chi connectivity index (χ3v) is 3.07. The van der Waals surface area contributed by atoms with Crippen molar-refractivity contribution >= 4 is 17.8 Å². The Hall–Kier alpha value is -2.24. The predicted molar refractivity (Wildman–Crippen MR) is 76.8 cm³/mol. The second kappa shape index (κ2) is 5.27. The maximum absolute atomic E-state index is 11.7. The molecule has 0 radical (unpaired) electrons. The molecule has 1 atom stereocenters. The van der Waals surface area contributed by atoms with Crippen molar-refractivity contribution in [2.75, 3.05) is 5.32 Å². The Morgan fingerprint density at radius 3 is 2.57 bits per heavy atom. The molecule has 0 spiro atoms. The van der Waals surface area contributed by atoms with Crippen LogP contribution in [0.3, 0.4) is 0 Å². The Labute approximate surface area is 123 Å². The maximum Gasteiger partial charge on any atom is 0.514 e. The van der Waals surface area contributed by atoms with Crippen LogP contribution in [0, 0.1) is 6.92 Å². The number of nitrogens with one attached hydrogen (secondary N) is 1. The Kier molecular flexibility index (Phi) is 3.80. The number of hydrogen-bond donors (Lipinski definition) is 2. The minimum atomic E-state index is -0.903. The maximum atomic E-state index is 11.7. The molecule has 0 fully saturated rings. The molecule has 1 aromatic rings. The van der Waals surface area contributed by atoms with Crippen LogP contribution in [0.1, 0.15) is 31.9 Å². The first-order chi connectivity index (χ1) is 9.65. The highest BCUT2D eigenvalue weighted by molar-refractivity contribution is 5.82. The SMILES string of the molecule is Cc1cc(OC(=O)OC(C)(C)C)cc2c1CC(C(=O)O)N2. The van der Waals surface area contributed by atoms with Crippen LogP contribution < -0.4 is 10.1 Å². The molecular weight excluding hydrogens is 274 g/mol. The Bertz CT molecular complexity index is 588. The highest BCUT2D eigenvalue weighted by Crippen LogP contribution is 2.33. The van der Waals surface area contributed by atoms with Gasteiger partial charge in [0, 0.05) is 18.2 Å². The fourth-order valence-corrected chi connectivity index (χ4v) is 2.20. The second-order valence-corrected chi connectivity index (χ2v) is 6.07. The molecule has 6 nitrogen and oxygen atoms in total. The van der Waals surface area contributed by atoms with E-state index in [-0.39, 0.29) is 0 Å². The molecule has 0 amide bonds. The summed E-state index contributed by atoms with van der Waals surface area (Å²) in [6, 6.07) is 2.68. The van der Waals surface area contributed by atoms with Gasteiger partial charge < -0.3 is 19.9 Å². The summed E-state index contributed by atoms with van der Waals surface area (Å²) < 4.78 is 10.2. The van der Waals surface area contributed by atoms with Crippen molar-refractivity contribution in [1.82, 2.24) is 0 Å². The first-order valence-electron chi connectivity index (χ1n) is 6.69. The van der Waals surface area contributed by atoms with E-state index in [0.717, 1.165) is 11.1 Å². The average molecular weight is 293 g/mol. The van der Waals surface area contributed by atoms with Crippen LogP contribution in [-0.2, 0) is 16.0 Å². The molecule has 2 rings (SSSR count). The predicted octanol–water partition coefficient (Wildman–Crippen LogP) is 2.73. The van der Waals surface area contributed by atoms with Crippen LogP contribution in [0.25, 0.3) is 0 Å². The summed E-state index contributed by atoms with van der Waals surface area (Å²) in [5, 5.41) is 12.0. The summed E-state index contributed by atoms with van der Waals surface area (Å²) in [4.78, 5) is 22.7. The van der Waals surface area contributed by atoms with Crippen LogP contribution in [-0.4, -0.2) is 28.9 Å². The zero-order valence-corrected chi connectivity index (χ0v) is 12.5. The largest absolute Gasteiger partial charge is 0.514 e. The normalized spacial score (nSPS) is 16.9. The number of fused-ring (bicyclic) bond motifs is 1. The van der Waals surface area contributed by atoms with Gasteiger partial charge in [-0.1, -0.05) is 0 Å². The number of carboxylic acids is 1. The van der Waals surface area contributed by atoms with E-state index < -0.39 is 23.8 Å². The number of ether oxygens (including phenoxy) is 2. The summed E-state index contributed by atoms with van der Waals surface area (Å²) in [5.41, 5.74) is 1.86. The molecule has 21 heavy (non-hydrogen) atoms. The summed E-state index contributed by atoms with van der Waals surface area (Å²) in [6.45, 7) is 7.11. The Morgan fingerprint density at radius 2 is 2.00 bits per heavy atom. The molecule has 1 aromatic carbocycles. The van der Waals surface area contributed by atoms with Crippen molar-refractivity contribution in [2.45, 2.75) is 45.8 Å². The Morgan fingerprint density at radius 1 is 1.33 bits per heavy atom. The van der Waals surface area contributed by atoms with Crippen molar-refractivity contribution in [2.24, 2.45) is 0 Å². The molecule has 0 bridgehead atoms. The van der Waals surface area contributed by atoms with Crippen molar-refractivity contribution in [1.29, 1.82) is 0 Å². The van der Waals surface area contributed by atoms with Crippen molar-refractivity contribution in [3.63, 3.8) is 0 Å². The van der Waals surface area contributed by atoms with Gasteiger partial charge in [0.2, 0.25) is 0 Å². The van der Waals surface area contributed by atoms with E-state index >= 15 is 0 Å². The third kappa shape index (κ3) is 3.65. The van der Waals surface area contributed by atoms with Crippen LogP contribution in [0.15, 0.2) is 12.1 Å². The molecular formula is C15H19NO5. The second-order valence-electron chi connectivity index (χ2n) is 6.07. The summed E-state index contributed by atoms with van der Waals surface area (Å²) in [7, 11) is 0. The highest BCUT2D eigenvalue weighted by atomic mass is 16.7. The molecule has 0 aliphatic carbocycles. The van der Waals surface area contributed by atoms with Crippen molar-refractivity contribution in [3.05, 3.63) is 23.3 Å². The van der Waals surface area contributed by atoms with E-state index in [2.05, 4.69) is 5.32 Å². The van der Waals surface area contributed by atoms with E-state index in [4.69, 9.17) is 14.6 Å². The smallest absolute Gasteiger partial charge is 0.480 e. The van der Waals surface area contributed by atoms with Crippen LogP contribution in [0.2, 0.25) is 0 Å². The standard InChI is InChI=1S/C15H19NO5/c1-8-5-9(20-14(19)21-15(2,3)4)6-11-10(8)7-12(16-11)13(17)18/h5-6,12,16H,7H2,1-4H3,(H,17,18). The number of carbonyl (C=O) groups excluding carboxylic acids is 1. The number of carbonyl (C=O) groups is 2. The summed E-state index contributed by atoms with van der Waals surface area (Å²) in [6.07, 6.45) is -0.363. The topological polar surface area (TPSA) is 84.9 Å². The lowest BCUT2D eigenvalue weighted by molar-refractivity contribution is -0.137. The van der Waals surface area contributed by atoms with Gasteiger partial charge in [-0.15, -0.1) is 0 Å². The fraction of sp³-hybridized carbons (Fsp3) is 0.467. The van der Waals surface area contributed by atoms with Gasteiger partial charge in [-0.3, -0.25) is 0 Å².